The Morgan fingerprint density at radius 1 is 1.32 bits per heavy atom. The van der Waals surface area contributed by atoms with Crippen molar-refractivity contribution in [1.29, 1.82) is 0 Å². The van der Waals surface area contributed by atoms with E-state index in [2.05, 4.69) is 22.0 Å². The molecule has 2 aliphatic heterocycles. The van der Waals surface area contributed by atoms with Gasteiger partial charge in [-0.2, -0.15) is 0 Å². The molecule has 132 valence electrons. The first kappa shape index (κ1) is 15.7. The van der Waals surface area contributed by atoms with Gasteiger partial charge in [-0.3, -0.25) is 10.1 Å². The number of likely N-dealkylation sites (tertiary alicyclic amines) is 1. The number of rotatable bonds is 3. The Kier molecular flexibility index (Phi) is 3.55. The lowest BCUT2D eigenvalue weighted by molar-refractivity contribution is -0.128. The maximum Gasteiger partial charge on any atom is 0.322 e. The van der Waals surface area contributed by atoms with E-state index in [-0.39, 0.29) is 31.1 Å². The number of benzene rings is 1. The predicted octanol–water partition coefficient (Wildman–Crippen LogP) is 0.545. The highest BCUT2D eigenvalue weighted by molar-refractivity contribution is 6.08. The molecular formula is C17H20N4O4. The third-order valence-corrected chi connectivity index (χ3v) is 5.25. The van der Waals surface area contributed by atoms with Crippen LogP contribution >= 0.6 is 0 Å². The van der Waals surface area contributed by atoms with E-state index in [1.54, 1.807) is 12.0 Å². The molecule has 2 heterocycles. The summed E-state index contributed by atoms with van der Waals surface area (Å²) in [6.45, 7) is 0.422. The number of carbonyl (C=O) groups is 3. The lowest BCUT2D eigenvalue weighted by atomic mass is 9.76. The molecule has 0 bridgehead atoms. The average Bonchev–Trinajstić information content (AvgIpc) is 2.83. The van der Waals surface area contributed by atoms with Gasteiger partial charge in [-0.05, 0) is 36.5 Å². The van der Waals surface area contributed by atoms with Crippen LogP contribution in [0.15, 0.2) is 24.3 Å². The zero-order chi connectivity index (χ0) is 17.6. The molecule has 1 aromatic rings. The second-order valence-electron chi connectivity index (χ2n) is 6.94. The summed E-state index contributed by atoms with van der Waals surface area (Å²) in [4.78, 5) is 36.7. The van der Waals surface area contributed by atoms with Gasteiger partial charge in [-0.15, -0.1) is 0 Å². The number of hydrogen-bond acceptors (Lipinski definition) is 4. The molecule has 2 saturated heterocycles. The molecule has 8 heteroatoms. The first-order valence-corrected chi connectivity index (χ1v) is 8.32. The molecular weight excluding hydrogens is 324 g/mol. The van der Waals surface area contributed by atoms with Crippen molar-refractivity contribution in [3.8, 4) is 5.75 Å². The smallest absolute Gasteiger partial charge is 0.322 e. The van der Waals surface area contributed by atoms with E-state index in [4.69, 9.17) is 4.74 Å². The van der Waals surface area contributed by atoms with Gasteiger partial charge in [0.15, 0.2) is 5.54 Å². The molecule has 0 aromatic heterocycles. The summed E-state index contributed by atoms with van der Waals surface area (Å²) in [7, 11) is 1.65. The first-order chi connectivity index (χ1) is 12.0. The van der Waals surface area contributed by atoms with Crippen LogP contribution in [-0.4, -0.2) is 54.6 Å². The van der Waals surface area contributed by atoms with E-state index in [1.807, 2.05) is 18.2 Å². The Morgan fingerprint density at radius 3 is 2.72 bits per heavy atom. The van der Waals surface area contributed by atoms with Crippen LogP contribution in [0.3, 0.4) is 0 Å². The number of nitrogens with zero attached hydrogens (tertiary/aromatic N) is 1. The van der Waals surface area contributed by atoms with Crippen LogP contribution in [0.1, 0.15) is 24.3 Å². The Hall–Kier alpha value is -2.77. The number of nitrogens with one attached hydrogen (secondary N) is 3. The summed E-state index contributed by atoms with van der Waals surface area (Å²) >= 11 is 0. The van der Waals surface area contributed by atoms with Crippen molar-refractivity contribution in [3.05, 3.63) is 29.8 Å². The summed E-state index contributed by atoms with van der Waals surface area (Å²) in [5.74, 6) is 0.902. The van der Waals surface area contributed by atoms with Crippen LogP contribution in [-0.2, 0) is 4.79 Å². The Balaban J connectivity index is 1.26. The second kappa shape index (κ2) is 5.65. The van der Waals surface area contributed by atoms with Gasteiger partial charge in [0.1, 0.15) is 5.75 Å². The fraction of sp³-hybridized carbons (Fsp3) is 0.471. The van der Waals surface area contributed by atoms with Gasteiger partial charge in [-0.1, -0.05) is 12.1 Å². The molecule has 5 amide bonds. The minimum absolute atomic E-state index is 0.132. The summed E-state index contributed by atoms with van der Waals surface area (Å²) < 4.78 is 5.24. The lowest BCUT2D eigenvalue weighted by Gasteiger charge is -2.46. The van der Waals surface area contributed by atoms with E-state index >= 15 is 0 Å². The highest BCUT2D eigenvalue weighted by Crippen LogP contribution is 2.38. The lowest BCUT2D eigenvalue weighted by Crippen LogP contribution is -2.73. The molecule has 1 saturated carbocycles. The van der Waals surface area contributed by atoms with Crippen LogP contribution in [0.25, 0.3) is 0 Å². The van der Waals surface area contributed by atoms with Gasteiger partial charge in [0.25, 0.3) is 5.91 Å². The van der Waals surface area contributed by atoms with Crippen molar-refractivity contribution in [2.45, 2.75) is 30.3 Å². The number of methoxy groups -OCH3 is 1. The highest BCUT2D eigenvalue weighted by Gasteiger charge is 2.56. The van der Waals surface area contributed by atoms with E-state index in [0.29, 0.717) is 5.92 Å². The van der Waals surface area contributed by atoms with Gasteiger partial charge in [-0.25, -0.2) is 9.59 Å². The molecule has 1 spiro atoms. The zero-order valence-electron chi connectivity index (χ0n) is 13.9. The number of hydrogen-bond donors (Lipinski definition) is 3. The Bertz CT molecular complexity index is 738. The van der Waals surface area contributed by atoms with Crippen molar-refractivity contribution in [3.63, 3.8) is 0 Å². The standard InChI is InChI=1S/C17H20N4O4/c1-25-13-4-2-3-10(7-13)11-5-12(6-11)18-16(24)21-8-17(9-21)14(22)19-15(23)20-17/h2-4,7,11-12H,5-6,8-9H2,1H3,(H,18,24)(H2,19,20,22,23). The molecule has 0 unspecified atom stereocenters. The maximum atomic E-state index is 12.3. The van der Waals surface area contributed by atoms with Crippen LogP contribution < -0.4 is 20.7 Å². The summed E-state index contributed by atoms with van der Waals surface area (Å²) in [6, 6.07) is 7.44. The normalized spacial score (nSPS) is 26.4. The molecule has 3 N–H and O–H groups in total. The van der Waals surface area contributed by atoms with Gasteiger partial charge in [0, 0.05) is 6.04 Å². The van der Waals surface area contributed by atoms with Crippen molar-refractivity contribution < 1.29 is 19.1 Å². The molecule has 8 nitrogen and oxygen atoms in total. The van der Waals surface area contributed by atoms with Crippen molar-refractivity contribution in [2.24, 2.45) is 0 Å². The Morgan fingerprint density at radius 2 is 2.08 bits per heavy atom. The number of ether oxygens (including phenoxy) is 1. The SMILES string of the molecule is COc1cccc(C2CC(NC(=O)N3CC4(C3)NC(=O)NC4=O)C2)c1. The van der Waals surface area contributed by atoms with Crippen molar-refractivity contribution in [1.82, 2.24) is 20.9 Å². The maximum absolute atomic E-state index is 12.3. The van der Waals surface area contributed by atoms with E-state index in [9.17, 15) is 14.4 Å². The van der Waals surface area contributed by atoms with Crippen LogP contribution in [0.5, 0.6) is 5.75 Å². The number of imide groups is 1. The third-order valence-electron chi connectivity index (χ3n) is 5.25. The monoisotopic (exact) mass is 344 g/mol. The van der Waals surface area contributed by atoms with Gasteiger partial charge < -0.3 is 20.3 Å². The predicted molar refractivity (Wildman–Crippen MR) is 88.3 cm³/mol. The van der Waals surface area contributed by atoms with E-state index in [0.717, 1.165) is 18.6 Å². The number of urea groups is 2. The molecule has 0 radical (unpaired) electrons. The quantitative estimate of drug-likeness (QED) is 0.697. The second-order valence-corrected chi connectivity index (χ2v) is 6.94. The number of carbonyl (C=O) groups excluding carboxylic acids is 3. The molecule has 1 aromatic carbocycles. The molecule has 3 aliphatic rings. The van der Waals surface area contributed by atoms with Gasteiger partial charge in [0.05, 0.1) is 20.2 Å². The van der Waals surface area contributed by atoms with Crippen LogP contribution in [0.2, 0.25) is 0 Å². The third kappa shape index (κ3) is 2.67. The average molecular weight is 344 g/mol. The van der Waals surface area contributed by atoms with Gasteiger partial charge in [0.2, 0.25) is 0 Å². The summed E-state index contributed by atoms with van der Waals surface area (Å²) in [5.41, 5.74) is 0.287. The largest absolute Gasteiger partial charge is 0.497 e. The minimum atomic E-state index is -0.933. The molecule has 3 fully saturated rings. The fourth-order valence-corrected chi connectivity index (χ4v) is 3.67. The zero-order valence-corrected chi connectivity index (χ0v) is 13.9. The molecule has 4 rings (SSSR count). The van der Waals surface area contributed by atoms with Crippen LogP contribution in [0.4, 0.5) is 9.59 Å². The molecule has 25 heavy (non-hydrogen) atoms. The van der Waals surface area contributed by atoms with E-state index < -0.39 is 11.6 Å². The van der Waals surface area contributed by atoms with Crippen molar-refractivity contribution in [2.75, 3.05) is 20.2 Å². The summed E-state index contributed by atoms with van der Waals surface area (Å²) in [6.07, 6.45) is 1.77. The minimum Gasteiger partial charge on any atom is -0.497 e. The molecule has 0 atom stereocenters. The summed E-state index contributed by atoms with van der Waals surface area (Å²) in [5, 5.41) is 7.79. The topological polar surface area (TPSA) is 99.8 Å². The number of amides is 5. The fourth-order valence-electron chi connectivity index (χ4n) is 3.67. The van der Waals surface area contributed by atoms with Crippen molar-refractivity contribution >= 4 is 18.0 Å². The molecule has 1 aliphatic carbocycles. The van der Waals surface area contributed by atoms with Crippen LogP contribution in [0, 0.1) is 0 Å². The van der Waals surface area contributed by atoms with Gasteiger partial charge >= 0.3 is 12.1 Å². The Labute approximate surface area is 144 Å². The highest BCUT2D eigenvalue weighted by atomic mass is 16.5. The van der Waals surface area contributed by atoms with E-state index in [1.165, 1.54) is 5.56 Å². The first-order valence-electron chi connectivity index (χ1n) is 8.32.